The molecule has 0 aliphatic carbocycles. The molecule has 2 aromatic rings. The molecular weight excluding hydrogens is 531 g/mol. The summed E-state index contributed by atoms with van der Waals surface area (Å²) in [5.41, 5.74) is 1.28. The normalized spacial score (nSPS) is 17.2. The number of hydrogen-bond acceptors (Lipinski definition) is 5. The van der Waals surface area contributed by atoms with Crippen molar-refractivity contribution in [2.24, 2.45) is 0 Å². The van der Waals surface area contributed by atoms with Gasteiger partial charge in [-0.2, -0.15) is 26.3 Å². The number of likely N-dealkylation sites (N-methyl/N-ethyl adjacent to an activating group) is 1. The number of likely N-dealkylation sites (tertiary alicyclic amines) is 1. The second kappa shape index (κ2) is 13.7. The Morgan fingerprint density at radius 3 is 1.84 bits per heavy atom. The quantitative estimate of drug-likeness (QED) is 0.551. The Morgan fingerprint density at radius 1 is 0.947 bits per heavy atom. The highest BCUT2D eigenvalue weighted by molar-refractivity contribution is 5.95. The van der Waals surface area contributed by atoms with Crippen LogP contribution in [0.5, 0.6) is 0 Å². The van der Waals surface area contributed by atoms with Crippen LogP contribution in [-0.2, 0) is 16.0 Å². The molecule has 2 N–H and O–H groups in total. The first-order valence-electron chi connectivity index (χ1n) is 10.7. The second-order valence-corrected chi connectivity index (χ2v) is 8.03. The lowest BCUT2D eigenvalue weighted by Gasteiger charge is -2.31. The van der Waals surface area contributed by atoms with Crippen molar-refractivity contribution in [3.05, 3.63) is 65.7 Å². The number of carbonyl (C=O) groups is 3. The van der Waals surface area contributed by atoms with Gasteiger partial charge in [-0.3, -0.25) is 9.78 Å². The summed E-state index contributed by atoms with van der Waals surface area (Å²) in [5.74, 6) is -6.20. The van der Waals surface area contributed by atoms with E-state index in [1.807, 2.05) is 31.1 Å². The van der Waals surface area contributed by atoms with Gasteiger partial charge in [-0.1, -0.05) is 12.1 Å². The molecule has 2 heterocycles. The largest absolute Gasteiger partial charge is 0.490 e. The monoisotopic (exact) mass is 555 g/mol. The second-order valence-electron chi connectivity index (χ2n) is 8.03. The predicted octanol–water partition coefficient (Wildman–Crippen LogP) is 3.87. The van der Waals surface area contributed by atoms with Crippen molar-refractivity contribution in [2.45, 2.75) is 37.3 Å². The van der Waals surface area contributed by atoms with Crippen LogP contribution < -0.4 is 0 Å². The number of amides is 1. The first-order valence-corrected chi connectivity index (χ1v) is 10.7. The number of aliphatic carboxylic acids is 2. The number of carboxylic acids is 2. The summed E-state index contributed by atoms with van der Waals surface area (Å²) in [5, 5.41) is 14.2. The predicted molar refractivity (Wildman–Crippen MR) is 119 cm³/mol. The lowest BCUT2D eigenvalue weighted by atomic mass is 9.99. The van der Waals surface area contributed by atoms with E-state index in [9.17, 15) is 35.5 Å². The van der Waals surface area contributed by atoms with E-state index in [0.717, 1.165) is 18.4 Å². The molecule has 15 heteroatoms. The van der Waals surface area contributed by atoms with E-state index in [-0.39, 0.29) is 23.6 Å². The molecule has 0 unspecified atom stereocenters. The fourth-order valence-electron chi connectivity index (χ4n) is 3.49. The maximum atomic E-state index is 14.0. The zero-order valence-corrected chi connectivity index (χ0v) is 20.0. The van der Waals surface area contributed by atoms with E-state index in [2.05, 4.69) is 9.88 Å². The molecule has 1 amide bonds. The molecule has 0 saturated carbocycles. The van der Waals surface area contributed by atoms with Crippen molar-refractivity contribution < 1.29 is 55.3 Å². The highest BCUT2D eigenvalue weighted by atomic mass is 19.4. The molecule has 1 aromatic heterocycles. The number of alkyl halides is 6. The summed E-state index contributed by atoms with van der Waals surface area (Å²) in [6, 6.07) is 10.4. The van der Waals surface area contributed by atoms with Crippen LogP contribution in [-0.4, -0.2) is 87.9 Å². The van der Waals surface area contributed by atoms with Crippen molar-refractivity contribution in [2.75, 3.05) is 20.6 Å². The number of hydrogen-bond donors (Lipinski definition) is 2. The molecule has 3 rings (SSSR count). The van der Waals surface area contributed by atoms with Gasteiger partial charge in [-0.15, -0.1) is 0 Å². The van der Waals surface area contributed by atoms with Crippen LogP contribution in [0.3, 0.4) is 0 Å². The number of halogens is 7. The first-order chi connectivity index (χ1) is 17.5. The Kier molecular flexibility index (Phi) is 11.6. The number of aromatic nitrogens is 1. The maximum Gasteiger partial charge on any atom is 0.490 e. The zero-order chi connectivity index (χ0) is 29.3. The van der Waals surface area contributed by atoms with E-state index < -0.39 is 30.1 Å². The van der Waals surface area contributed by atoms with E-state index in [1.165, 1.54) is 6.07 Å². The van der Waals surface area contributed by atoms with Gasteiger partial charge in [0.05, 0.1) is 11.6 Å². The van der Waals surface area contributed by atoms with Gasteiger partial charge in [0.15, 0.2) is 0 Å². The van der Waals surface area contributed by atoms with Crippen LogP contribution in [0, 0.1) is 5.82 Å². The standard InChI is InChI=1S/C19H22FN3O.2C2HF3O2/c1-22(2)17-9-12-23(18(17)13-14-7-10-21-11-8-14)19(24)15-5-3-4-6-16(15)20;2*3-2(4,5)1(6)7/h3-8,10-11,17-18H,9,12-13H2,1-2H3;2*(H,6,7)/t17-,18+;;/m1../s1. The van der Waals surface area contributed by atoms with Gasteiger partial charge in [0.1, 0.15) is 5.82 Å². The first kappa shape index (κ1) is 32.3. The Labute approximate surface area is 212 Å². The molecule has 8 nitrogen and oxygen atoms in total. The summed E-state index contributed by atoms with van der Waals surface area (Å²) in [4.78, 5) is 38.7. The molecule has 0 spiro atoms. The number of pyridine rings is 1. The minimum absolute atomic E-state index is 0.0227. The van der Waals surface area contributed by atoms with E-state index >= 15 is 0 Å². The summed E-state index contributed by atoms with van der Waals surface area (Å²) in [7, 11) is 4.06. The third-order valence-corrected chi connectivity index (χ3v) is 5.22. The number of rotatable bonds is 4. The number of carboxylic acid groups (broad SMARTS) is 2. The highest BCUT2D eigenvalue weighted by Crippen LogP contribution is 2.27. The molecule has 1 saturated heterocycles. The minimum atomic E-state index is -5.08. The smallest absolute Gasteiger partial charge is 0.475 e. The van der Waals surface area contributed by atoms with Crippen molar-refractivity contribution in [3.63, 3.8) is 0 Å². The fraction of sp³-hybridized carbons (Fsp3) is 0.391. The Bertz CT molecular complexity index is 1060. The summed E-state index contributed by atoms with van der Waals surface area (Å²) in [6.07, 6.45) is -5.01. The van der Waals surface area contributed by atoms with Gasteiger partial charge in [-0.25, -0.2) is 14.0 Å². The molecule has 1 aromatic carbocycles. The third-order valence-electron chi connectivity index (χ3n) is 5.22. The molecular formula is C23H24F7N3O5. The molecule has 1 aliphatic rings. The van der Waals surface area contributed by atoms with Gasteiger partial charge in [-0.05, 0) is 56.8 Å². The van der Waals surface area contributed by atoms with Crippen LogP contribution in [0.4, 0.5) is 30.7 Å². The van der Waals surface area contributed by atoms with Crippen LogP contribution in [0.15, 0.2) is 48.8 Å². The van der Waals surface area contributed by atoms with Crippen molar-refractivity contribution in [3.8, 4) is 0 Å². The topological polar surface area (TPSA) is 111 Å². The summed E-state index contributed by atoms with van der Waals surface area (Å²) >= 11 is 0. The molecule has 1 aliphatic heterocycles. The Hall–Kier alpha value is -3.75. The van der Waals surface area contributed by atoms with Crippen LogP contribution in [0.25, 0.3) is 0 Å². The lowest BCUT2D eigenvalue weighted by molar-refractivity contribution is -0.193. The average molecular weight is 555 g/mol. The van der Waals surface area contributed by atoms with Crippen LogP contribution >= 0.6 is 0 Å². The average Bonchev–Trinajstić information content (AvgIpc) is 3.23. The Balaban J connectivity index is 0.000000426. The molecule has 2 atom stereocenters. The molecule has 210 valence electrons. The summed E-state index contributed by atoms with van der Waals surface area (Å²) < 4.78 is 77.5. The zero-order valence-electron chi connectivity index (χ0n) is 20.0. The van der Waals surface area contributed by atoms with Crippen molar-refractivity contribution in [1.82, 2.24) is 14.8 Å². The van der Waals surface area contributed by atoms with E-state index in [1.54, 1.807) is 30.6 Å². The number of carbonyl (C=O) groups excluding carboxylic acids is 1. The maximum absolute atomic E-state index is 14.0. The molecule has 1 fully saturated rings. The lowest BCUT2D eigenvalue weighted by Crippen LogP contribution is -2.46. The number of benzene rings is 1. The molecule has 0 radical (unpaired) electrons. The van der Waals surface area contributed by atoms with E-state index in [4.69, 9.17) is 19.8 Å². The molecule has 38 heavy (non-hydrogen) atoms. The highest BCUT2D eigenvalue weighted by Gasteiger charge is 2.40. The van der Waals surface area contributed by atoms with Gasteiger partial charge in [0.2, 0.25) is 0 Å². The van der Waals surface area contributed by atoms with Gasteiger partial charge < -0.3 is 20.0 Å². The summed E-state index contributed by atoms with van der Waals surface area (Å²) in [6.45, 7) is 0.645. The Morgan fingerprint density at radius 2 is 1.42 bits per heavy atom. The van der Waals surface area contributed by atoms with Crippen molar-refractivity contribution in [1.29, 1.82) is 0 Å². The van der Waals surface area contributed by atoms with Gasteiger partial charge in [0.25, 0.3) is 5.91 Å². The SMILES string of the molecule is CN(C)[C@@H]1CCN(C(=O)c2ccccc2F)[C@H]1Cc1ccncc1.O=C(O)C(F)(F)F.O=C(O)C(F)(F)F. The van der Waals surface area contributed by atoms with Crippen LogP contribution in [0.2, 0.25) is 0 Å². The van der Waals surface area contributed by atoms with E-state index in [0.29, 0.717) is 6.54 Å². The number of nitrogens with zero attached hydrogens (tertiary/aromatic N) is 3. The van der Waals surface area contributed by atoms with Gasteiger partial charge in [0, 0.05) is 25.0 Å². The minimum Gasteiger partial charge on any atom is -0.475 e. The fourth-order valence-corrected chi connectivity index (χ4v) is 3.49. The van der Waals surface area contributed by atoms with Crippen LogP contribution in [0.1, 0.15) is 22.3 Å². The third kappa shape index (κ3) is 9.95. The molecule has 0 bridgehead atoms. The van der Waals surface area contributed by atoms with Crippen molar-refractivity contribution >= 4 is 17.8 Å². The van der Waals surface area contributed by atoms with Gasteiger partial charge >= 0.3 is 24.3 Å².